The van der Waals surface area contributed by atoms with Gasteiger partial charge in [-0.25, -0.2) is 0 Å². The highest BCUT2D eigenvalue weighted by molar-refractivity contribution is 6.34. The number of benzene rings is 2. The van der Waals surface area contributed by atoms with E-state index < -0.39 is 0 Å². The van der Waals surface area contributed by atoms with Crippen LogP contribution in [0, 0.1) is 0 Å². The van der Waals surface area contributed by atoms with Gasteiger partial charge in [-0.2, -0.15) is 0 Å². The lowest BCUT2D eigenvalue weighted by molar-refractivity contribution is 0.112. The number of nitrogens with zero attached hydrogens (tertiary/aromatic N) is 2. The molecule has 1 aliphatic heterocycles. The molecular weight excluding hydrogens is 392 g/mol. The number of amidine groups is 1. The molecule has 3 nitrogen and oxygen atoms in total. The van der Waals surface area contributed by atoms with Gasteiger partial charge in [0, 0.05) is 7.05 Å². The van der Waals surface area contributed by atoms with Crippen molar-refractivity contribution in [3.63, 3.8) is 0 Å². The monoisotopic (exact) mass is 424 g/mol. The lowest BCUT2D eigenvalue weighted by Crippen LogP contribution is -2.36. The Kier molecular flexibility index (Phi) is 7.02. The minimum Gasteiger partial charge on any atom is -0.298 e. The first-order valence-corrected chi connectivity index (χ1v) is 11.5. The third-order valence-electron chi connectivity index (χ3n) is 6.62. The summed E-state index contributed by atoms with van der Waals surface area (Å²) in [7, 11) is 1.84. The zero-order valence-corrected chi connectivity index (χ0v) is 19.6. The average molecular weight is 425 g/mol. The molecule has 0 amide bonds. The summed E-state index contributed by atoms with van der Waals surface area (Å²) in [5, 5.41) is 0.468. The predicted octanol–water partition coefficient (Wildman–Crippen LogP) is 7.68. The molecule has 0 N–H and O–H groups in total. The molecule has 1 heterocycles. The van der Waals surface area contributed by atoms with E-state index in [4.69, 9.17) is 16.6 Å². The molecule has 0 spiro atoms. The van der Waals surface area contributed by atoms with Gasteiger partial charge in [0.2, 0.25) is 0 Å². The van der Waals surface area contributed by atoms with E-state index in [9.17, 15) is 4.79 Å². The molecule has 0 radical (unpaired) electrons. The van der Waals surface area contributed by atoms with Crippen molar-refractivity contribution >= 4 is 35.1 Å². The highest BCUT2D eigenvalue weighted by Crippen LogP contribution is 2.50. The number of anilines is 2. The largest absolute Gasteiger partial charge is 0.298 e. The summed E-state index contributed by atoms with van der Waals surface area (Å²) in [6, 6.07) is 12.5. The van der Waals surface area contributed by atoms with E-state index in [0.29, 0.717) is 16.5 Å². The number of aldehydes is 1. The van der Waals surface area contributed by atoms with Crippen molar-refractivity contribution in [1.82, 2.24) is 0 Å². The first-order chi connectivity index (χ1) is 14.5. The summed E-state index contributed by atoms with van der Waals surface area (Å²) in [6.07, 6.45) is 6.49. The Hall–Kier alpha value is -2.13. The van der Waals surface area contributed by atoms with Crippen LogP contribution in [0.25, 0.3) is 0 Å². The van der Waals surface area contributed by atoms with Crippen LogP contribution in [-0.4, -0.2) is 19.2 Å². The fourth-order valence-corrected chi connectivity index (χ4v) is 5.10. The number of fused-ring (bicyclic) bond motifs is 1. The van der Waals surface area contributed by atoms with Crippen LogP contribution in [0.3, 0.4) is 0 Å². The normalized spacial score (nSPS) is 19.6. The Morgan fingerprint density at radius 3 is 2.37 bits per heavy atom. The van der Waals surface area contributed by atoms with Crippen molar-refractivity contribution in [2.45, 2.75) is 71.1 Å². The maximum Gasteiger partial charge on any atom is 0.153 e. The molecule has 30 heavy (non-hydrogen) atoms. The number of rotatable bonds is 8. The zero-order valence-electron chi connectivity index (χ0n) is 18.8. The number of hydrogen-bond donors (Lipinski definition) is 0. The molecule has 0 bridgehead atoms. The van der Waals surface area contributed by atoms with Crippen LogP contribution in [-0.2, 0) is 5.41 Å². The SMILES string of the molecule is CCCC(CCC)c1ccc2c(c1)N(c1cccc(Cl)c1C=O)C(=NC)C2(C)CC. The molecule has 0 saturated heterocycles. The van der Waals surface area contributed by atoms with Gasteiger partial charge in [-0.1, -0.05) is 63.4 Å². The minimum atomic E-state index is -0.212. The van der Waals surface area contributed by atoms with Crippen LogP contribution >= 0.6 is 11.6 Å². The standard InChI is InChI=1S/C26H33ClN2O/c1-6-10-18(11-7-2)19-14-15-21-24(16-19)29(25(28-5)26(21,4)8-3)23-13-9-12-22(27)20(23)17-30/h9,12-18H,6-8,10-11H2,1-5H3. The highest BCUT2D eigenvalue weighted by atomic mass is 35.5. The van der Waals surface area contributed by atoms with E-state index >= 15 is 0 Å². The minimum absolute atomic E-state index is 0.212. The van der Waals surface area contributed by atoms with Crippen LogP contribution in [0.1, 0.15) is 87.2 Å². The third-order valence-corrected chi connectivity index (χ3v) is 6.95. The second-order valence-corrected chi connectivity index (χ2v) is 8.82. The Labute approximate surface area is 186 Å². The fourth-order valence-electron chi connectivity index (χ4n) is 4.89. The molecule has 0 aromatic heterocycles. The summed E-state index contributed by atoms with van der Waals surface area (Å²) in [6.45, 7) is 8.94. The molecule has 0 aliphatic carbocycles. The predicted molar refractivity (Wildman–Crippen MR) is 129 cm³/mol. The van der Waals surface area contributed by atoms with Gasteiger partial charge in [-0.3, -0.25) is 14.7 Å². The second-order valence-electron chi connectivity index (χ2n) is 8.41. The van der Waals surface area contributed by atoms with Crippen molar-refractivity contribution in [2.75, 3.05) is 11.9 Å². The molecule has 1 unspecified atom stereocenters. The van der Waals surface area contributed by atoms with Crippen LogP contribution in [0.5, 0.6) is 0 Å². The number of aliphatic imine (C=N–C) groups is 1. The maximum atomic E-state index is 11.9. The summed E-state index contributed by atoms with van der Waals surface area (Å²) in [5.74, 6) is 1.51. The topological polar surface area (TPSA) is 32.7 Å². The molecule has 3 rings (SSSR count). The van der Waals surface area contributed by atoms with E-state index in [2.05, 4.69) is 50.8 Å². The van der Waals surface area contributed by atoms with Crippen LogP contribution in [0.2, 0.25) is 5.02 Å². The number of carbonyl (C=O) groups excluding carboxylic acids is 1. The molecule has 1 aliphatic rings. The van der Waals surface area contributed by atoms with Gasteiger partial charge in [0.1, 0.15) is 5.84 Å². The Morgan fingerprint density at radius 1 is 1.10 bits per heavy atom. The summed E-state index contributed by atoms with van der Waals surface area (Å²) in [5.41, 5.74) is 4.86. The van der Waals surface area contributed by atoms with Gasteiger partial charge >= 0.3 is 0 Å². The molecule has 4 heteroatoms. The van der Waals surface area contributed by atoms with Gasteiger partial charge in [-0.15, -0.1) is 0 Å². The van der Waals surface area contributed by atoms with Crippen molar-refractivity contribution in [1.29, 1.82) is 0 Å². The molecule has 0 saturated carbocycles. The van der Waals surface area contributed by atoms with Gasteiger partial charge in [0.25, 0.3) is 0 Å². The lowest BCUT2D eigenvalue weighted by Gasteiger charge is -2.28. The average Bonchev–Trinajstić information content (AvgIpc) is 3.01. The molecule has 1 atom stereocenters. The van der Waals surface area contributed by atoms with E-state index in [1.807, 2.05) is 19.2 Å². The Morgan fingerprint density at radius 2 is 1.80 bits per heavy atom. The lowest BCUT2D eigenvalue weighted by atomic mass is 9.79. The van der Waals surface area contributed by atoms with E-state index in [0.717, 1.165) is 29.9 Å². The van der Waals surface area contributed by atoms with Crippen molar-refractivity contribution in [3.8, 4) is 0 Å². The molecule has 0 fully saturated rings. The first kappa shape index (κ1) is 22.6. The third kappa shape index (κ3) is 3.69. The molecule has 2 aromatic rings. The van der Waals surface area contributed by atoms with E-state index in [-0.39, 0.29) is 5.41 Å². The number of halogens is 1. The zero-order chi connectivity index (χ0) is 21.9. The smallest absolute Gasteiger partial charge is 0.153 e. The summed E-state index contributed by atoms with van der Waals surface area (Å²) >= 11 is 6.40. The van der Waals surface area contributed by atoms with Gasteiger partial charge < -0.3 is 0 Å². The summed E-state index contributed by atoms with van der Waals surface area (Å²) in [4.78, 5) is 18.8. The van der Waals surface area contributed by atoms with E-state index in [1.54, 1.807) is 6.07 Å². The van der Waals surface area contributed by atoms with Crippen molar-refractivity contribution < 1.29 is 4.79 Å². The van der Waals surface area contributed by atoms with Crippen LogP contribution in [0.15, 0.2) is 41.4 Å². The van der Waals surface area contributed by atoms with Crippen molar-refractivity contribution in [3.05, 3.63) is 58.1 Å². The molecule has 2 aromatic carbocycles. The Bertz CT molecular complexity index is 946. The maximum absolute atomic E-state index is 11.9. The number of hydrogen-bond acceptors (Lipinski definition) is 2. The van der Waals surface area contributed by atoms with Gasteiger partial charge in [-0.05, 0) is 61.4 Å². The fraction of sp³-hybridized carbons (Fsp3) is 0.462. The second kappa shape index (κ2) is 9.34. The molecule has 160 valence electrons. The summed E-state index contributed by atoms with van der Waals surface area (Å²) < 4.78 is 0. The quantitative estimate of drug-likeness (QED) is 0.407. The van der Waals surface area contributed by atoms with Crippen molar-refractivity contribution in [2.24, 2.45) is 4.99 Å². The van der Waals surface area contributed by atoms with Gasteiger partial charge in [0.05, 0.1) is 27.4 Å². The molecular formula is C26H33ClN2O. The van der Waals surface area contributed by atoms with Crippen LogP contribution in [0.4, 0.5) is 11.4 Å². The highest BCUT2D eigenvalue weighted by Gasteiger charge is 2.45. The first-order valence-electron chi connectivity index (χ1n) is 11.1. The Balaban J connectivity index is 2.26. The van der Waals surface area contributed by atoms with Gasteiger partial charge in [0.15, 0.2) is 6.29 Å². The van der Waals surface area contributed by atoms with E-state index in [1.165, 1.54) is 36.8 Å². The van der Waals surface area contributed by atoms with Crippen LogP contribution < -0.4 is 4.90 Å². The number of carbonyl (C=O) groups is 1.